The summed E-state index contributed by atoms with van der Waals surface area (Å²) >= 11 is 0. The molecule has 2 aromatic rings. The average Bonchev–Trinajstić information content (AvgIpc) is 3.07. The van der Waals surface area contributed by atoms with Gasteiger partial charge >= 0.3 is 0 Å². The summed E-state index contributed by atoms with van der Waals surface area (Å²) in [7, 11) is 0. The van der Waals surface area contributed by atoms with E-state index < -0.39 is 31.1 Å². The highest BCUT2D eigenvalue weighted by Gasteiger charge is 2.45. The van der Waals surface area contributed by atoms with Gasteiger partial charge in [-0.15, -0.1) is 0 Å². The second-order valence-corrected chi connectivity index (χ2v) is 5.47. The number of rotatable bonds is 6. The van der Waals surface area contributed by atoms with Crippen molar-refractivity contribution in [3.8, 4) is 0 Å². The van der Waals surface area contributed by atoms with E-state index in [9.17, 15) is 15.3 Å². The summed E-state index contributed by atoms with van der Waals surface area (Å²) in [4.78, 5) is 12.3. The van der Waals surface area contributed by atoms with Crippen molar-refractivity contribution >= 4 is 22.9 Å². The number of hydrogen-bond donors (Lipinski definition) is 6. The van der Waals surface area contributed by atoms with Gasteiger partial charge in [-0.1, -0.05) is 0 Å². The molecule has 1 fully saturated rings. The van der Waals surface area contributed by atoms with E-state index in [-0.39, 0.29) is 12.4 Å². The molecule has 11 nitrogen and oxygen atoms in total. The van der Waals surface area contributed by atoms with Gasteiger partial charge in [-0.2, -0.15) is 0 Å². The fraction of sp³-hybridized carbons (Fsp3) is 0.615. The molecule has 3 heterocycles. The zero-order valence-corrected chi connectivity index (χ0v) is 12.8. The van der Waals surface area contributed by atoms with Crippen molar-refractivity contribution in [1.29, 1.82) is 0 Å². The van der Waals surface area contributed by atoms with Gasteiger partial charge in [0.1, 0.15) is 24.6 Å². The van der Waals surface area contributed by atoms with Crippen molar-refractivity contribution in [1.82, 2.24) is 19.5 Å². The third kappa shape index (κ3) is 2.76. The van der Waals surface area contributed by atoms with E-state index in [1.165, 1.54) is 10.9 Å². The minimum atomic E-state index is -1.28. The molecule has 0 aromatic carbocycles. The number of anilines is 2. The van der Waals surface area contributed by atoms with Crippen LogP contribution in [0.1, 0.15) is 12.6 Å². The highest BCUT2D eigenvalue weighted by atomic mass is 16.6. The van der Waals surface area contributed by atoms with Crippen LogP contribution in [0.5, 0.6) is 0 Å². The van der Waals surface area contributed by atoms with Gasteiger partial charge in [-0.25, -0.2) is 15.0 Å². The predicted octanol–water partition coefficient (Wildman–Crippen LogP) is -2.19. The maximum absolute atomic E-state index is 10.3. The van der Waals surface area contributed by atoms with Gasteiger partial charge in [-0.05, 0) is 6.42 Å². The van der Waals surface area contributed by atoms with Crippen LogP contribution in [0.15, 0.2) is 6.33 Å². The number of ether oxygens (including phenoxy) is 1. The number of aromatic nitrogens is 4. The Morgan fingerprint density at radius 3 is 2.71 bits per heavy atom. The Balaban J connectivity index is 2.04. The van der Waals surface area contributed by atoms with Crippen LogP contribution >= 0.6 is 0 Å². The number of nitrogens with two attached hydrogens (primary N) is 1. The third-order valence-corrected chi connectivity index (χ3v) is 3.89. The van der Waals surface area contributed by atoms with Gasteiger partial charge in [0.2, 0.25) is 5.95 Å². The van der Waals surface area contributed by atoms with Crippen molar-refractivity contribution in [3.63, 3.8) is 0 Å². The molecule has 3 rings (SSSR count). The van der Waals surface area contributed by atoms with Crippen LogP contribution in [0, 0.1) is 0 Å². The Morgan fingerprint density at radius 2 is 2.04 bits per heavy atom. The van der Waals surface area contributed by atoms with Crippen LogP contribution in [0.4, 0.5) is 11.8 Å². The van der Waals surface area contributed by atoms with Gasteiger partial charge in [0.15, 0.2) is 23.2 Å². The molecule has 0 saturated carbocycles. The summed E-state index contributed by atoms with van der Waals surface area (Å²) in [6.07, 6.45) is -2.72. The molecule has 4 atom stereocenters. The van der Waals surface area contributed by atoms with Gasteiger partial charge < -0.3 is 36.2 Å². The fourth-order valence-electron chi connectivity index (χ4n) is 2.66. The van der Waals surface area contributed by atoms with E-state index in [0.717, 1.165) is 0 Å². The van der Waals surface area contributed by atoms with Gasteiger partial charge in [0.05, 0.1) is 6.61 Å². The molecular weight excluding hydrogens is 320 g/mol. The first kappa shape index (κ1) is 16.8. The van der Waals surface area contributed by atoms with E-state index in [0.29, 0.717) is 30.1 Å². The maximum Gasteiger partial charge on any atom is 0.207 e. The molecule has 24 heavy (non-hydrogen) atoms. The fourth-order valence-corrected chi connectivity index (χ4v) is 2.66. The molecule has 0 bridgehead atoms. The minimum absolute atomic E-state index is 0.00300. The summed E-state index contributed by atoms with van der Waals surface area (Å²) in [6.45, 7) is -0.0171. The summed E-state index contributed by atoms with van der Waals surface area (Å²) in [5.74, 6) is 0.469. The number of aliphatic hydroxyl groups is 4. The lowest BCUT2D eigenvalue weighted by Gasteiger charge is -2.19. The van der Waals surface area contributed by atoms with Crippen molar-refractivity contribution in [2.45, 2.75) is 31.0 Å². The highest BCUT2D eigenvalue weighted by Crippen LogP contribution is 2.34. The second kappa shape index (κ2) is 6.83. The molecule has 0 radical (unpaired) electrons. The minimum Gasteiger partial charge on any atom is -0.396 e. The smallest absolute Gasteiger partial charge is 0.207 e. The molecular formula is C13H20N6O5. The summed E-state index contributed by atoms with van der Waals surface area (Å²) < 4.78 is 7.02. The number of aliphatic hydroxyl groups excluding tert-OH is 4. The van der Waals surface area contributed by atoms with E-state index in [2.05, 4.69) is 20.3 Å². The number of imidazole rings is 1. The van der Waals surface area contributed by atoms with Crippen LogP contribution in [-0.4, -0.2) is 78.0 Å². The SMILES string of the molecule is Nc1ncnc2c1nc(NCCCO)n2[C@@H]1O[C@H](CO)[C@H](O)[C@H]1O. The molecule has 132 valence electrons. The van der Waals surface area contributed by atoms with Crippen molar-refractivity contribution in [2.75, 3.05) is 30.8 Å². The topological polar surface area (TPSA) is 172 Å². The van der Waals surface area contributed by atoms with E-state index in [4.69, 9.17) is 15.6 Å². The van der Waals surface area contributed by atoms with Gasteiger partial charge in [0, 0.05) is 13.2 Å². The monoisotopic (exact) mass is 340 g/mol. The highest BCUT2D eigenvalue weighted by molar-refractivity contribution is 5.84. The van der Waals surface area contributed by atoms with Crippen molar-refractivity contribution < 1.29 is 25.2 Å². The van der Waals surface area contributed by atoms with Gasteiger partial charge in [0.25, 0.3) is 0 Å². The molecule has 0 spiro atoms. The molecule has 1 aliphatic heterocycles. The van der Waals surface area contributed by atoms with E-state index in [1.54, 1.807) is 0 Å². The summed E-state index contributed by atoms with van der Waals surface area (Å²) in [5.41, 5.74) is 6.46. The number of hydrogen-bond acceptors (Lipinski definition) is 10. The molecule has 1 saturated heterocycles. The predicted molar refractivity (Wildman–Crippen MR) is 82.9 cm³/mol. The Labute approximate surface area is 136 Å². The van der Waals surface area contributed by atoms with Crippen LogP contribution in [-0.2, 0) is 4.74 Å². The first-order valence-corrected chi connectivity index (χ1v) is 7.54. The zero-order chi connectivity index (χ0) is 17.3. The maximum atomic E-state index is 10.3. The largest absolute Gasteiger partial charge is 0.396 e. The third-order valence-electron chi connectivity index (χ3n) is 3.89. The summed E-state index contributed by atoms with van der Waals surface area (Å²) in [5, 5.41) is 41.4. The lowest BCUT2D eigenvalue weighted by Crippen LogP contribution is -2.33. The summed E-state index contributed by atoms with van der Waals surface area (Å²) in [6, 6.07) is 0. The van der Waals surface area contributed by atoms with Crippen LogP contribution in [0.3, 0.4) is 0 Å². The van der Waals surface area contributed by atoms with Crippen LogP contribution < -0.4 is 11.1 Å². The number of fused-ring (bicyclic) bond motifs is 1. The van der Waals surface area contributed by atoms with Crippen LogP contribution in [0.2, 0.25) is 0 Å². The molecule has 0 amide bonds. The number of nitrogens with one attached hydrogen (secondary N) is 1. The molecule has 1 aliphatic rings. The lowest BCUT2D eigenvalue weighted by atomic mass is 10.1. The second-order valence-electron chi connectivity index (χ2n) is 5.47. The number of nitrogen functional groups attached to an aromatic ring is 1. The Morgan fingerprint density at radius 1 is 1.25 bits per heavy atom. The molecule has 2 aromatic heterocycles. The Kier molecular flexibility index (Phi) is 4.78. The number of nitrogens with zero attached hydrogens (tertiary/aromatic N) is 4. The molecule has 7 N–H and O–H groups in total. The first-order valence-electron chi connectivity index (χ1n) is 7.54. The standard InChI is InChI=1S/C13H20N6O5/c14-10-7-11(17-5-16-10)19(13(18-7)15-2-1-3-20)12-9(23)8(22)6(4-21)24-12/h5-6,8-9,12,20-23H,1-4H2,(H,15,18)(H2,14,16,17)/t6-,8+,9-,12-/m1/s1. The first-order chi connectivity index (χ1) is 11.6. The van der Waals surface area contributed by atoms with E-state index >= 15 is 0 Å². The quantitative estimate of drug-likeness (QED) is 0.317. The zero-order valence-electron chi connectivity index (χ0n) is 12.8. The Hall–Kier alpha value is -2.05. The van der Waals surface area contributed by atoms with Crippen LogP contribution in [0.25, 0.3) is 11.2 Å². The van der Waals surface area contributed by atoms with Gasteiger partial charge in [-0.3, -0.25) is 4.57 Å². The van der Waals surface area contributed by atoms with Crippen molar-refractivity contribution in [2.24, 2.45) is 0 Å². The van der Waals surface area contributed by atoms with Crippen molar-refractivity contribution in [3.05, 3.63) is 6.33 Å². The normalized spacial score (nSPS) is 27.0. The Bertz CT molecular complexity index is 709. The lowest BCUT2D eigenvalue weighted by molar-refractivity contribution is -0.0501. The molecule has 0 aliphatic carbocycles. The molecule has 11 heteroatoms. The van der Waals surface area contributed by atoms with E-state index in [1.807, 2.05) is 0 Å². The molecule has 0 unspecified atom stereocenters. The average molecular weight is 340 g/mol.